The highest BCUT2D eigenvalue weighted by atomic mass is 19.1. The Morgan fingerprint density at radius 2 is 1.96 bits per heavy atom. The summed E-state index contributed by atoms with van der Waals surface area (Å²) in [6.07, 6.45) is 8.06. The van der Waals surface area contributed by atoms with Gasteiger partial charge in [0, 0.05) is 55.0 Å². The number of hydrogen-bond acceptors (Lipinski definition) is 8. The van der Waals surface area contributed by atoms with Gasteiger partial charge in [0.05, 0.1) is 31.7 Å². The van der Waals surface area contributed by atoms with E-state index in [-0.39, 0.29) is 30.3 Å². The number of piperazine rings is 1. The molecule has 0 radical (unpaired) electrons. The topological polar surface area (TPSA) is 91.6 Å². The Morgan fingerprint density at radius 3 is 2.69 bits per heavy atom. The molecule has 2 aromatic carbocycles. The fraction of sp³-hybridized carbons (Fsp3) is 0.485. The average molecular weight is 620 g/mol. The Balaban J connectivity index is 1.29. The molecule has 3 fully saturated rings. The van der Waals surface area contributed by atoms with Crippen LogP contribution >= 0.6 is 0 Å². The van der Waals surface area contributed by atoms with Crippen LogP contribution in [0.5, 0.6) is 11.6 Å². The second kappa shape index (κ2) is 11.4. The third kappa shape index (κ3) is 5.32. The highest BCUT2D eigenvalue weighted by Crippen LogP contribution is 2.38. The van der Waals surface area contributed by atoms with E-state index in [4.69, 9.17) is 21.1 Å². The second-order valence-corrected chi connectivity index (χ2v) is 13.1. The van der Waals surface area contributed by atoms with Gasteiger partial charge in [-0.25, -0.2) is 13.8 Å². The van der Waals surface area contributed by atoms with Crippen molar-refractivity contribution in [1.82, 2.24) is 29.7 Å². The van der Waals surface area contributed by atoms with E-state index in [2.05, 4.69) is 21.1 Å². The Hall–Kier alpha value is -4.08. The molecule has 12 heteroatoms. The normalized spacial score (nSPS) is 26.9. The van der Waals surface area contributed by atoms with Gasteiger partial charge in [0.1, 0.15) is 17.7 Å². The first kappa shape index (κ1) is 29.6. The fourth-order valence-electron chi connectivity index (χ4n) is 7.50. The number of likely N-dealkylation sites (tertiary alicyclic amines) is 1. The van der Waals surface area contributed by atoms with Gasteiger partial charge in [0.25, 0.3) is 0 Å². The molecule has 0 aliphatic carbocycles. The first-order valence-electron chi connectivity index (χ1n) is 15.3. The summed E-state index contributed by atoms with van der Waals surface area (Å²) < 4.78 is 52.1. The van der Waals surface area contributed by atoms with Crippen molar-refractivity contribution in [1.29, 1.82) is 0 Å². The van der Waals surface area contributed by atoms with E-state index >= 15 is 4.39 Å². The number of fused-ring (bicyclic) bond motifs is 4. The van der Waals surface area contributed by atoms with E-state index in [9.17, 15) is 13.9 Å². The van der Waals surface area contributed by atoms with Gasteiger partial charge >= 0.3 is 0 Å². The van der Waals surface area contributed by atoms with Crippen LogP contribution < -0.4 is 15.0 Å². The zero-order valence-electron chi connectivity index (χ0n) is 25.3. The number of phenolic OH excluding ortho intramolecular Hbond substituents is 1. The van der Waals surface area contributed by atoms with Crippen LogP contribution in [0.4, 0.5) is 19.1 Å². The van der Waals surface area contributed by atoms with Crippen LogP contribution in [0, 0.1) is 29.5 Å². The molecule has 2 bridgehead atoms. The van der Waals surface area contributed by atoms with E-state index in [1.54, 1.807) is 36.0 Å². The van der Waals surface area contributed by atoms with Crippen molar-refractivity contribution in [2.75, 3.05) is 51.4 Å². The number of alkyl halides is 2. The Bertz CT molecular complexity index is 1800. The van der Waals surface area contributed by atoms with Crippen LogP contribution in [0.2, 0.25) is 0 Å². The maximum Gasteiger partial charge on any atom is 0.247 e. The molecule has 4 aromatic rings. The predicted molar refractivity (Wildman–Crippen MR) is 166 cm³/mol. The number of aromatic hydroxyl groups is 1. The molecule has 2 N–H and O–H groups in total. The van der Waals surface area contributed by atoms with E-state index < -0.39 is 30.0 Å². The Kier molecular flexibility index (Phi) is 7.49. The zero-order chi connectivity index (χ0) is 31.5. The monoisotopic (exact) mass is 619 g/mol. The number of halogens is 3. The minimum atomic E-state index is -1.39. The molecule has 9 nitrogen and oxygen atoms in total. The lowest BCUT2D eigenvalue weighted by Gasteiger charge is -2.44. The van der Waals surface area contributed by atoms with Crippen molar-refractivity contribution in [2.24, 2.45) is 11.3 Å². The Morgan fingerprint density at radius 1 is 1.18 bits per heavy atom. The smallest absolute Gasteiger partial charge is 0.247 e. The first-order chi connectivity index (χ1) is 21.7. The molecule has 0 amide bonds. The first-order valence-corrected chi connectivity index (χ1v) is 15.3. The largest absolute Gasteiger partial charge is 0.508 e. The molecule has 45 heavy (non-hydrogen) atoms. The summed E-state index contributed by atoms with van der Waals surface area (Å²) in [6.45, 7) is 3.39. The van der Waals surface area contributed by atoms with Crippen molar-refractivity contribution in [3.8, 4) is 24.0 Å². The predicted octanol–water partition coefficient (Wildman–Crippen LogP) is 4.05. The van der Waals surface area contributed by atoms with Crippen molar-refractivity contribution in [2.45, 2.75) is 44.6 Å². The second-order valence-electron chi connectivity index (χ2n) is 13.1. The summed E-state index contributed by atoms with van der Waals surface area (Å²) in [4.78, 5) is 18.4. The summed E-state index contributed by atoms with van der Waals surface area (Å²) in [7, 11) is 1.86. The summed E-state index contributed by atoms with van der Waals surface area (Å²) in [5, 5.41) is 15.3. The molecule has 3 aliphatic heterocycles. The van der Waals surface area contributed by atoms with Gasteiger partial charge in [-0.05, 0) is 49.0 Å². The number of terminal acetylenes is 1. The van der Waals surface area contributed by atoms with Crippen molar-refractivity contribution < 1.29 is 23.0 Å². The summed E-state index contributed by atoms with van der Waals surface area (Å²) in [5.41, 5.74) is 0.597. The number of nitrogens with zero attached hydrogens (tertiary/aromatic N) is 6. The van der Waals surface area contributed by atoms with Gasteiger partial charge in [-0.3, -0.25) is 4.39 Å². The van der Waals surface area contributed by atoms with E-state index in [1.165, 1.54) is 6.07 Å². The molecule has 5 atom stereocenters. The van der Waals surface area contributed by atoms with Crippen LogP contribution in [0.15, 0.2) is 30.6 Å². The van der Waals surface area contributed by atoms with Gasteiger partial charge in [-0.2, -0.15) is 9.97 Å². The molecule has 7 rings (SSSR count). The number of piperidine rings is 1. The summed E-state index contributed by atoms with van der Waals surface area (Å²) in [5.74, 6) is 1.91. The van der Waals surface area contributed by atoms with E-state index in [1.807, 2.05) is 11.9 Å². The number of hydrogen-bond donors (Lipinski definition) is 2. The number of ether oxygens (including phenoxy) is 1. The van der Waals surface area contributed by atoms with Gasteiger partial charge in [-0.15, -0.1) is 6.42 Å². The van der Waals surface area contributed by atoms with Crippen molar-refractivity contribution in [3.05, 3.63) is 47.5 Å². The Labute approximate surface area is 259 Å². The zero-order valence-corrected chi connectivity index (χ0v) is 25.3. The van der Waals surface area contributed by atoms with Crippen molar-refractivity contribution >= 4 is 27.9 Å². The van der Waals surface area contributed by atoms with Crippen LogP contribution in [0.25, 0.3) is 21.9 Å². The van der Waals surface area contributed by atoms with Crippen LogP contribution in [-0.4, -0.2) is 94.3 Å². The minimum absolute atomic E-state index is 0.0187. The van der Waals surface area contributed by atoms with Gasteiger partial charge in [0.15, 0.2) is 11.2 Å². The molecule has 3 saturated heterocycles. The highest BCUT2D eigenvalue weighted by molar-refractivity contribution is 5.92. The molecule has 5 unspecified atom stereocenters. The number of benzene rings is 2. The van der Waals surface area contributed by atoms with Gasteiger partial charge in [-0.1, -0.05) is 18.9 Å². The molecule has 236 valence electrons. The van der Waals surface area contributed by atoms with E-state index in [0.717, 1.165) is 25.9 Å². The standard InChI is InChI=1S/C33H36F3N7O2/c1-4-25-26(35)8-5-19-9-24(44)10-20(27(19)25)13-43-18-37-28-30(43)39-32(42-14-22-6-7-23(15-42)38-22)40-31(28)45-17-33(2)16-41(3)12-21(11-34)29(33)36/h1,5,8-10,18,21-23,29,38,44H,6-7,11-17H2,2-3H3. The number of rotatable bonds is 7. The number of nitrogens with one attached hydrogen (secondary N) is 1. The number of aromatic nitrogens is 4. The fourth-order valence-corrected chi connectivity index (χ4v) is 7.50. The molecule has 5 heterocycles. The minimum Gasteiger partial charge on any atom is -0.508 e. The molecule has 0 saturated carbocycles. The third-order valence-corrected chi connectivity index (χ3v) is 9.53. The van der Waals surface area contributed by atoms with Gasteiger partial charge in [0.2, 0.25) is 11.8 Å². The number of imidazole rings is 1. The summed E-state index contributed by atoms with van der Waals surface area (Å²) in [6, 6.07) is 6.64. The maximum absolute atomic E-state index is 15.6. The third-order valence-electron chi connectivity index (χ3n) is 9.53. The van der Waals surface area contributed by atoms with Crippen LogP contribution in [0.3, 0.4) is 0 Å². The molecule has 2 aromatic heterocycles. The SMILES string of the molecule is C#Cc1c(F)ccc2cc(O)cc(Cn3cnc4c(OCC5(C)CN(C)CC(CF)C5F)nc(N5CC6CCC(C5)N6)nc43)c12. The molecule has 0 spiro atoms. The highest BCUT2D eigenvalue weighted by Gasteiger charge is 2.46. The molecular weight excluding hydrogens is 583 g/mol. The van der Waals surface area contributed by atoms with Gasteiger partial charge < -0.3 is 29.5 Å². The lowest BCUT2D eigenvalue weighted by atomic mass is 9.76. The number of anilines is 1. The van der Waals surface area contributed by atoms with E-state index in [0.29, 0.717) is 58.6 Å². The van der Waals surface area contributed by atoms with Crippen LogP contribution in [-0.2, 0) is 6.54 Å². The molecule has 3 aliphatic rings. The van der Waals surface area contributed by atoms with Crippen LogP contribution in [0.1, 0.15) is 30.9 Å². The van der Waals surface area contributed by atoms with Crippen molar-refractivity contribution in [3.63, 3.8) is 0 Å². The maximum atomic E-state index is 15.6. The molecular formula is C33H36F3N7O2. The lowest BCUT2D eigenvalue weighted by Crippen LogP contribution is -2.55. The summed E-state index contributed by atoms with van der Waals surface area (Å²) >= 11 is 0. The lowest BCUT2D eigenvalue weighted by molar-refractivity contribution is -0.0503. The average Bonchev–Trinajstić information content (AvgIpc) is 3.59. The quantitative estimate of drug-likeness (QED) is 0.300. The number of phenols is 1.